The van der Waals surface area contributed by atoms with E-state index in [1.807, 2.05) is 13.0 Å². The number of carbonyl (C=O) groups excluding carboxylic acids is 2. The summed E-state index contributed by atoms with van der Waals surface area (Å²) in [6.45, 7) is 2.06. The Kier molecular flexibility index (Phi) is 4.75. The molecule has 0 radical (unpaired) electrons. The van der Waals surface area contributed by atoms with Gasteiger partial charge in [-0.25, -0.2) is 9.37 Å². The Morgan fingerprint density at radius 3 is 2.38 bits per heavy atom. The first kappa shape index (κ1) is 20.9. The molecule has 2 aromatic heterocycles. The number of benzene rings is 1. The Morgan fingerprint density at radius 2 is 1.74 bits per heavy atom. The Hall–Kier alpha value is -3.62. The highest BCUT2D eigenvalue weighted by Gasteiger charge is 2.61. The summed E-state index contributed by atoms with van der Waals surface area (Å²) in [6.07, 6.45) is 4.60. The molecule has 3 aromatic rings. The van der Waals surface area contributed by atoms with Crippen molar-refractivity contribution in [2.24, 2.45) is 0 Å². The zero-order valence-electron chi connectivity index (χ0n) is 18.8. The molecule has 2 saturated carbocycles. The van der Waals surface area contributed by atoms with Crippen LogP contribution in [0.2, 0.25) is 0 Å². The number of aryl methyl sites for hydroxylation is 1. The van der Waals surface area contributed by atoms with Gasteiger partial charge in [0.25, 0.3) is 5.91 Å². The van der Waals surface area contributed by atoms with E-state index < -0.39 is 5.54 Å². The van der Waals surface area contributed by atoms with Crippen molar-refractivity contribution in [1.29, 1.82) is 0 Å². The lowest BCUT2D eigenvalue weighted by atomic mass is 9.65. The molecule has 1 aromatic carbocycles. The van der Waals surface area contributed by atoms with Gasteiger partial charge < -0.3 is 9.32 Å². The SMILES string of the molecule is Cc1ccc(N2CC(=O)N(Cc3ccc(F)cc3)C3(CC(c4nnc(C5CC5)o4)C3)C2=O)nc1. The number of aromatic nitrogens is 3. The first-order valence-electron chi connectivity index (χ1n) is 11.6. The zero-order valence-corrected chi connectivity index (χ0v) is 18.8. The second kappa shape index (κ2) is 7.72. The van der Waals surface area contributed by atoms with Crippen molar-refractivity contribution in [3.8, 4) is 0 Å². The summed E-state index contributed by atoms with van der Waals surface area (Å²) in [4.78, 5) is 34.8. The van der Waals surface area contributed by atoms with Gasteiger partial charge in [0.15, 0.2) is 0 Å². The monoisotopic (exact) mass is 461 g/mol. The highest BCUT2D eigenvalue weighted by Crippen LogP contribution is 2.52. The van der Waals surface area contributed by atoms with Crippen molar-refractivity contribution in [2.45, 2.75) is 56.5 Å². The molecule has 2 aliphatic carbocycles. The number of anilines is 1. The van der Waals surface area contributed by atoms with Gasteiger partial charge >= 0.3 is 0 Å². The molecule has 1 saturated heterocycles. The van der Waals surface area contributed by atoms with E-state index in [1.165, 1.54) is 17.0 Å². The number of amides is 2. The van der Waals surface area contributed by atoms with Crippen molar-refractivity contribution < 1.29 is 18.4 Å². The van der Waals surface area contributed by atoms with Gasteiger partial charge in [0, 0.05) is 24.6 Å². The predicted molar refractivity (Wildman–Crippen MR) is 119 cm³/mol. The van der Waals surface area contributed by atoms with Crippen LogP contribution in [0.3, 0.4) is 0 Å². The van der Waals surface area contributed by atoms with Crippen LogP contribution in [0, 0.1) is 12.7 Å². The van der Waals surface area contributed by atoms with E-state index >= 15 is 0 Å². The second-order valence-electron chi connectivity index (χ2n) is 9.58. The van der Waals surface area contributed by atoms with Crippen molar-refractivity contribution in [3.05, 3.63) is 71.3 Å². The minimum Gasteiger partial charge on any atom is -0.425 e. The number of nitrogens with zero attached hydrogens (tertiary/aromatic N) is 5. The minimum atomic E-state index is -1.03. The Labute approximate surface area is 195 Å². The van der Waals surface area contributed by atoms with E-state index in [1.54, 1.807) is 29.3 Å². The third-order valence-corrected chi connectivity index (χ3v) is 7.08. The van der Waals surface area contributed by atoms with Crippen molar-refractivity contribution in [2.75, 3.05) is 11.4 Å². The molecule has 34 heavy (non-hydrogen) atoms. The van der Waals surface area contributed by atoms with Gasteiger partial charge in [-0.2, -0.15) is 0 Å². The summed E-state index contributed by atoms with van der Waals surface area (Å²) in [5.74, 6) is 1.22. The van der Waals surface area contributed by atoms with Crippen LogP contribution in [-0.2, 0) is 16.1 Å². The average molecular weight is 461 g/mol. The highest BCUT2D eigenvalue weighted by molar-refractivity contribution is 6.09. The molecule has 8 nitrogen and oxygen atoms in total. The topological polar surface area (TPSA) is 92.4 Å². The summed E-state index contributed by atoms with van der Waals surface area (Å²) in [6, 6.07) is 9.65. The standard InChI is InChI=1S/C25H24FN5O3/c1-15-2-9-20(27-12-15)30-14-21(32)31(13-16-3-7-19(26)8-4-16)25(24(30)33)10-18(11-25)23-29-28-22(34-23)17-5-6-17/h2-4,7-9,12,17-18H,5-6,10-11,13-14H2,1H3. The van der Waals surface area contributed by atoms with E-state index in [9.17, 15) is 14.0 Å². The molecule has 1 spiro atoms. The van der Waals surface area contributed by atoms with Gasteiger partial charge in [-0.3, -0.25) is 14.5 Å². The van der Waals surface area contributed by atoms with Gasteiger partial charge in [-0.1, -0.05) is 18.2 Å². The first-order chi connectivity index (χ1) is 16.4. The number of pyridine rings is 1. The van der Waals surface area contributed by atoms with Crippen LogP contribution in [-0.4, -0.2) is 44.0 Å². The van der Waals surface area contributed by atoms with Crippen LogP contribution in [0.5, 0.6) is 0 Å². The van der Waals surface area contributed by atoms with Crippen LogP contribution >= 0.6 is 0 Å². The minimum absolute atomic E-state index is 0.0884. The number of halogens is 1. The Bertz CT molecular complexity index is 1250. The second-order valence-corrected chi connectivity index (χ2v) is 9.58. The molecule has 6 rings (SSSR count). The van der Waals surface area contributed by atoms with Crippen LogP contribution in [0.15, 0.2) is 47.0 Å². The molecular weight excluding hydrogens is 437 g/mol. The Balaban J connectivity index is 1.31. The number of carbonyl (C=O) groups is 2. The van der Waals surface area contributed by atoms with Gasteiger partial charge in [0.1, 0.15) is 23.7 Å². The molecule has 3 fully saturated rings. The van der Waals surface area contributed by atoms with Crippen LogP contribution in [0.1, 0.15) is 60.4 Å². The van der Waals surface area contributed by atoms with Crippen LogP contribution in [0.25, 0.3) is 0 Å². The fourth-order valence-electron chi connectivity index (χ4n) is 4.95. The molecule has 9 heteroatoms. The molecule has 2 amide bonds. The Morgan fingerprint density at radius 1 is 1.03 bits per heavy atom. The van der Waals surface area contributed by atoms with Gasteiger partial charge in [-0.05, 0) is 61.9 Å². The third kappa shape index (κ3) is 3.46. The number of hydrogen-bond acceptors (Lipinski definition) is 6. The molecule has 0 bridgehead atoms. The van der Waals surface area contributed by atoms with Crippen molar-refractivity contribution >= 4 is 17.6 Å². The molecular formula is C25H24FN5O3. The van der Waals surface area contributed by atoms with E-state index in [-0.39, 0.29) is 36.6 Å². The zero-order chi connectivity index (χ0) is 23.4. The van der Waals surface area contributed by atoms with Crippen LogP contribution < -0.4 is 4.90 Å². The normalized spacial score (nSPS) is 24.6. The summed E-state index contributed by atoms with van der Waals surface area (Å²) < 4.78 is 19.3. The van der Waals surface area contributed by atoms with E-state index in [2.05, 4.69) is 15.2 Å². The maximum absolute atomic E-state index is 13.9. The quantitative estimate of drug-likeness (QED) is 0.578. The fourth-order valence-corrected chi connectivity index (χ4v) is 4.95. The molecule has 0 N–H and O–H groups in total. The molecule has 1 aliphatic heterocycles. The summed E-state index contributed by atoms with van der Waals surface area (Å²) >= 11 is 0. The number of hydrogen-bond donors (Lipinski definition) is 0. The maximum atomic E-state index is 13.9. The smallest absolute Gasteiger partial charge is 0.254 e. The van der Waals surface area contributed by atoms with E-state index in [0.29, 0.717) is 36.4 Å². The van der Waals surface area contributed by atoms with Gasteiger partial charge in [0.05, 0.1) is 0 Å². The molecule has 0 unspecified atom stereocenters. The molecule has 174 valence electrons. The molecule has 3 aliphatic rings. The third-order valence-electron chi connectivity index (χ3n) is 7.08. The summed E-state index contributed by atoms with van der Waals surface area (Å²) in [5.41, 5.74) is 0.703. The first-order valence-corrected chi connectivity index (χ1v) is 11.6. The fraction of sp³-hybridized carbons (Fsp3) is 0.400. The lowest BCUT2D eigenvalue weighted by Crippen LogP contribution is -2.72. The highest BCUT2D eigenvalue weighted by atomic mass is 19.1. The van der Waals surface area contributed by atoms with E-state index in [4.69, 9.17) is 4.42 Å². The maximum Gasteiger partial charge on any atom is 0.254 e. The van der Waals surface area contributed by atoms with Crippen molar-refractivity contribution in [1.82, 2.24) is 20.1 Å². The average Bonchev–Trinajstić information content (AvgIpc) is 3.54. The van der Waals surface area contributed by atoms with E-state index in [0.717, 1.165) is 24.0 Å². The van der Waals surface area contributed by atoms with Crippen LogP contribution in [0.4, 0.5) is 10.2 Å². The molecule has 3 heterocycles. The van der Waals surface area contributed by atoms with Crippen molar-refractivity contribution in [3.63, 3.8) is 0 Å². The largest absolute Gasteiger partial charge is 0.425 e. The lowest BCUT2D eigenvalue weighted by Gasteiger charge is -2.56. The lowest BCUT2D eigenvalue weighted by molar-refractivity contribution is -0.160. The van der Waals surface area contributed by atoms with Gasteiger partial charge in [-0.15, -0.1) is 10.2 Å². The summed E-state index contributed by atoms with van der Waals surface area (Å²) in [7, 11) is 0. The predicted octanol–water partition coefficient (Wildman–Crippen LogP) is 3.48. The number of piperazine rings is 1. The molecule has 0 atom stereocenters. The summed E-state index contributed by atoms with van der Waals surface area (Å²) in [5, 5.41) is 8.40. The van der Waals surface area contributed by atoms with Gasteiger partial charge in [0.2, 0.25) is 17.7 Å². The number of rotatable bonds is 5.